The zero-order chi connectivity index (χ0) is 20.3. The van der Waals surface area contributed by atoms with Gasteiger partial charge in [-0.3, -0.25) is 9.48 Å². The van der Waals surface area contributed by atoms with Crippen LogP contribution in [0.3, 0.4) is 0 Å². The number of carbonyl (C=O) groups excluding carboxylic acids is 1. The molecule has 9 heteroatoms. The number of nitrogens with zero attached hydrogens (tertiary/aromatic N) is 3. The first-order valence-corrected chi connectivity index (χ1v) is 9.43. The maximum atomic E-state index is 12.5. The van der Waals surface area contributed by atoms with Crippen molar-refractivity contribution < 1.29 is 14.1 Å². The number of rotatable bonds is 7. The first-order chi connectivity index (χ1) is 13.4. The molecule has 0 atom stereocenters. The molecule has 0 fully saturated rings. The minimum Gasteiger partial charge on any atom is -0.489 e. The molecule has 0 saturated heterocycles. The molecule has 0 radical (unpaired) electrons. The lowest BCUT2D eigenvalue weighted by Gasteiger charge is -2.08. The van der Waals surface area contributed by atoms with Gasteiger partial charge in [0.05, 0.1) is 28.5 Å². The number of aryl methyl sites for hydroxylation is 2. The molecule has 0 bridgehead atoms. The third-order valence-electron chi connectivity index (χ3n) is 4.30. The fraction of sp³-hybridized carbons (Fsp3) is 0.316. The second kappa shape index (κ2) is 8.67. The standard InChI is InChI=1S/C19H20Cl2N4O3/c1-11-17(21)12(2)25(23-11)9-8-22-19(26)18-16(13(3)28-24-18)10-27-15-6-4-14(20)5-7-15/h4-7H,8-10H2,1-3H3,(H,22,26). The quantitative estimate of drug-likeness (QED) is 0.619. The number of hydrogen-bond donors (Lipinski definition) is 1. The van der Waals surface area contributed by atoms with Gasteiger partial charge in [-0.1, -0.05) is 28.4 Å². The van der Waals surface area contributed by atoms with E-state index in [-0.39, 0.29) is 18.2 Å². The van der Waals surface area contributed by atoms with Crippen molar-refractivity contribution in [2.45, 2.75) is 33.9 Å². The third kappa shape index (κ3) is 4.48. The van der Waals surface area contributed by atoms with Crippen LogP contribution in [0.5, 0.6) is 5.75 Å². The highest BCUT2D eigenvalue weighted by atomic mass is 35.5. The number of aromatic nitrogens is 3. The third-order valence-corrected chi connectivity index (χ3v) is 5.10. The van der Waals surface area contributed by atoms with Crippen LogP contribution in [0.2, 0.25) is 10.0 Å². The van der Waals surface area contributed by atoms with Crippen LogP contribution in [0.4, 0.5) is 0 Å². The predicted octanol–water partition coefficient (Wildman–Crippen LogP) is 4.11. The zero-order valence-corrected chi connectivity index (χ0v) is 17.3. The van der Waals surface area contributed by atoms with Gasteiger partial charge in [0.1, 0.15) is 18.1 Å². The molecule has 0 aliphatic heterocycles. The van der Waals surface area contributed by atoms with E-state index in [1.807, 2.05) is 13.8 Å². The molecule has 1 amide bonds. The normalized spacial score (nSPS) is 10.9. The Morgan fingerprint density at radius 3 is 2.57 bits per heavy atom. The fourth-order valence-electron chi connectivity index (χ4n) is 2.68. The Morgan fingerprint density at radius 1 is 1.21 bits per heavy atom. The van der Waals surface area contributed by atoms with Gasteiger partial charge in [-0.05, 0) is 45.0 Å². The van der Waals surface area contributed by atoms with Gasteiger partial charge in [-0.15, -0.1) is 0 Å². The zero-order valence-electron chi connectivity index (χ0n) is 15.8. The van der Waals surface area contributed by atoms with Crippen molar-refractivity contribution in [1.29, 1.82) is 0 Å². The highest BCUT2D eigenvalue weighted by molar-refractivity contribution is 6.31. The Balaban J connectivity index is 1.60. The highest BCUT2D eigenvalue weighted by Gasteiger charge is 2.20. The lowest BCUT2D eigenvalue weighted by molar-refractivity contribution is 0.0940. The maximum Gasteiger partial charge on any atom is 0.273 e. The van der Waals surface area contributed by atoms with E-state index in [2.05, 4.69) is 15.6 Å². The SMILES string of the molecule is Cc1nn(CCNC(=O)c2noc(C)c2COc2ccc(Cl)cc2)c(C)c1Cl. The highest BCUT2D eigenvalue weighted by Crippen LogP contribution is 2.20. The summed E-state index contributed by atoms with van der Waals surface area (Å²) in [5.41, 5.74) is 2.43. The molecule has 7 nitrogen and oxygen atoms in total. The molecule has 0 saturated carbocycles. The molecule has 0 aliphatic carbocycles. The lowest BCUT2D eigenvalue weighted by atomic mass is 10.2. The van der Waals surface area contributed by atoms with Crippen molar-refractivity contribution in [1.82, 2.24) is 20.3 Å². The first-order valence-electron chi connectivity index (χ1n) is 8.68. The summed E-state index contributed by atoms with van der Waals surface area (Å²) in [5, 5.41) is 12.3. The van der Waals surface area contributed by atoms with Crippen molar-refractivity contribution in [2.75, 3.05) is 6.54 Å². The molecule has 2 heterocycles. The van der Waals surface area contributed by atoms with Gasteiger partial charge in [0, 0.05) is 11.6 Å². The second-order valence-electron chi connectivity index (χ2n) is 6.27. The summed E-state index contributed by atoms with van der Waals surface area (Å²) in [6.45, 7) is 6.50. The summed E-state index contributed by atoms with van der Waals surface area (Å²) in [5.74, 6) is 0.835. The second-order valence-corrected chi connectivity index (χ2v) is 7.09. The Morgan fingerprint density at radius 2 is 1.93 bits per heavy atom. The van der Waals surface area contributed by atoms with E-state index in [0.717, 1.165) is 11.4 Å². The van der Waals surface area contributed by atoms with Crippen LogP contribution < -0.4 is 10.1 Å². The van der Waals surface area contributed by atoms with Gasteiger partial charge < -0.3 is 14.6 Å². The fourth-order valence-corrected chi connectivity index (χ4v) is 2.94. The number of amides is 1. The van der Waals surface area contributed by atoms with E-state index in [1.54, 1.807) is 35.9 Å². The number of benzene rings is 1. The summed E-state index contributed by atoms with van der Waals surface area (Å²) in [7, 11) is 0. The Labute approximate surface area is 172 Å². The van der Waals surface area contributed by atoms with Crippen LogP contribution in [0.15, 0.2) is 28.8 Å². The Kier molecular flexibility index (Phi) is 6.26. The van der Waals surface area contributed by atoms with Gasteiger partial charge >= 0.3 is 0 Å². The molecule has 1 N–H and O–H groups in total. The van der Waals surface area contributed by atoms with Crippen LogP contribution in [-0.4, -0.2) is 27.4 Å². The Bertz CT molecular complexity index is 980. The van der Waals surface area contributed by atoms with Gasteiger partial charge in [0.25, 0.3) is 5.91 Å². The smallest absolute Gasteiger partial charge is 0.273 e. The van der Waals surface area contributed by atoms with Gasteiger partial charge in [-0.2, -0.15) is 5.10 Å². The molecular formula is C19H20Cl2N4O3. The van der Waals surface area contributed by atoms with Crippen LogP contribution in [0.25, 0.3) is 0 Å². The topological polar surface area (TPSA) is 82.2 Å². The summed E-state index contributed by atoms with van der Waals surface area (Å²) < 4.78 is 12.7. The maximum absolute atomic E-state index is 12.5. The lowest BCUT2D eigenvalue weighted by Crippen LogP contribution is -2.29. The minimum atomic E-state index is -0.334. The van der Waals surface area contributed by atoms with Gasteiger partial charge in [0.2, 0.25) is 0 Å². The van der Waals surface area contributed by atoms with Crippen LogP contribution >= 0.6 is 23.2 Å². The van der Waals surface area contributed by atoms with E-state index >= 15 is 0 Å². The number of ether oxygens (including phenoxy) is 1. The van der Waals surface area contributed by atoms with Crippen LogP contribution in [0, 0.1) is 20.8 Å². The van der Waals surface area contributed by atoms with E-state index in [4.69, 9.17) is 32.5 Å². The number of halogens is 2. The largest absolute Gasteiger partial charge is 0.489 e. The van der Waals surface area contributed by atoms with Crippen molar-refractivity contribution in [3.05, 3.63) is 62.7 Å². The number of carbonyl (C=O) groups is 1. The number of nitrogens with one attached hydrogen (secondary N) is 1. The summed E-state index contributed by atoms with van der Waals surface area (Å²) in [4.78, 5) is 12.5. The molecule has 28 heavy (non-hydrogen) atoms. The average Bonchev–Trinajstić information content (AvgIpc) is 3.16. The molecule has 0 spiro atoms. The van der Waals surface area contributed by atoms with Crippen molar-refractivity contribution in [3.63, 3.8) is 0 Å². The molecule has 1 aromatic carbocycles. The summed E-state index contributed by atoms with van der Waals surface area (Å²) in [6, 6.07) is 6.97. The van der Waals surface area contributed by atoms with Crippen LogP contribution in [0.1, 0.15) is 33.2 Å². The molecular weight excluding hydrogens is 403 g/mol. The Hall–Kier alpha value is -2.51. The minimum absolute atomic E-state index is 0.160. The van der Waals surface area contributed by atoms with E-state index < -0.39 is 0 Å². The molecule has 2 aromatic heterocycles. The summed E-state index contributed by atoms with van der Waals surface area (Å²) >= 11 is 12.0. The van der Waals surface area contributed by atoms with E-state index in [1.165, 1.54) is 0 Å². The van der Waals surface area contributed by atoms with E-state index in [0.29, 0.717) is 40.2 Å². The predicted molar refractivity (Wildman–Crippen MR) is 106 cm³/mol. The summed E-state index contributed by atoms with van der Waals surface area (Å²) in [6.07, 6.45) is 0. The molecule has 3 aromatic rings. The van der Waals surface area contributed by atoms with Crippen molar-refractivity contribution >= 4 is 29.1 Å². The van der Waals surface area contributed by atoms with Gasteiger partial charge in [-0.25, -0.2) is 0 Å². The van der Waals surface area contributed by atoms with Crippen LogP contribution in [-0.2, 0) is 13.2 Å². The monoisotopic (exact) mass is 422 g/mol. The molecule has 0 aliphatic rings. The van der Waals surface area contributed by atoms with Gasteiger partial charge in [0.15, 0.2) is 5.69 Å². The van der Waals surface area contributed by atoms with Crippen molar-refractivity contribution in [2.24, 2.45) is 0 Å². The number of hydrogen-bond acceptors (Lipinski definition) is 5. The molecule has 3 rings (SSSR count). The van der Waals surface area contributed by atoms with E-state index in [9.17, 15) is 4.79 Å². The first kappa shape index (κ1) is 20.2. The van der Waals surface area contributed by atoms with Crippen molar-refractivity contribution in [3.8, 4) is 5.75 Å². The molecule has 0 unspecified atom stereocenters. The molecule has 148 valence electrons. The average molecular weight is 423 g/mol.